The van der Waals surface area contributed by atoms with Gasteiger partial charge < -0.3 is 10.6 Å². The van der Waals surface area contributed by atoms with Gasteiger partial charge in [-0.25, -0.2) is 4.39 Å². The Bertz CT molecular complexity index is 554. The largest absolute Gasteiger partial charge is 0.376 e. The molecule has 2 N–H and O–H groups in total. The second-order valence-corrected chi connectivity index (χ2v) is 8.34. The number of carbonyl (C=O) groups is 1. The third-order valence-corrected chi connectivity index (χ3v) is 5.51. The van der Waals surface area contributed by atoms with Gasteiger partial charge in [-0.2, -0.15) is 0 Å². The fourth-order valence-corrected chi connectivity index (χ4v) is 3.58. The summed E-state index contributed by atoms with van der Waals surface area (Å²) in [5.74, 6) is -0.514. The second-order valence-electron chi connectivity index (χ2n) is 7.93. The number of amides is 1. The van der Waals surface area contributed by atoms with E-state index in [1.165, 1.54) is 95.6 Å². The number of anilines is 1. The third-order valence-electron chi connectivity index (χ3n) is 5.23. The Morgan fingerprint density at radius 2 is 1.38 bits per heavy atom. The molecule has 0 heterocycles. The van der Waals surface area contributed by atoms with Gasteiger partial charge in [0.2, 0.25) is 5.91 Å². The van der Waals surface area contributed by atoms with Crippen LogP contribution in [0.5, 0.6) is 0 Å². The highest BCUT2D eigenvalue weighted by Gasteiger charge is 2.03. The molecule has 0 saturated carbocycles. The van der Waals surface area contributed by atoms with Crippen LogP contribution in [0.25, 0.3) is 0 Å². The van der Waals surface area contributed by atoms with E-state index in [-0.39, 0.29) is 17.5 Å². The average Bonchev–Trinajstić information content (AvgIpc) is 2.71. The molecule has 1 amide bonds. The summed E-state index contributed by atoms with van der Waals surface area (Å²) in [6.07, 6.45) is 18.6. The van der Waals surface area contributed by atoms with E-state index >= 15 is 0 Å². The van der Waals surface area contributed by atoms with Gasteiger partial charge in [0.1, 0.15) is 5.82 Å². The molecule has 1 aromatic carbocycles. The average molecular weight is 427 g/mol. The van der Waals surface area contributed by atoms with Crippen LogP contribution in [-0.2, 0) is 4.79 Å². The van der Waals surface area contributed by atoms with Crippen molar-refractivity contribution in [1.82, 2.24) is 5.32 Å². The van der Waals surface area contributed by atoms with Crippen molar-refractivity contribution in [1.29, 1.82) is 0 Å². The van der Waals surface area contributed by atoms with Gasteiger partial charge in [0.25, 0.3) is 0 Å². The molecule has 0 unspecified atom stereocenters. The van der Waals surface area contributed by atoms with Crippen LogP contribution < -0.4 is 10.6 Å². The van der Waals surface area contributed by atoms with Crippen molar-refractivity contribution in [3.05, 3.63) is 29.0 Å². The maximum atomic E-state index is 13.1. The molecule has 29 heavy (non-hydrogen) atoms. The lowest BCUT2D eigenvalue weighted by Crippen LogP contribution is -2.30. The minimum absolute atomic E-state index is 0.0535. The maximum Gasteiger partial charge on any atom is 0.239 e. The van der Waals surface area contributed by atoms with Crippen molar-refractivity contribution in [2.24, 2.45) is 0 Å². The van der Waals surface area contributed by atoms with Crippen molar-refractivity contribution >= 4 is 23.2 Å². The Labute approximate surface area is 182 Å². The molecule has 1 aromatic rings. The van der Waals surface area contributed by atoms with Crippen LogP contribution in [0, 0.1) is 5.82 Å². The lowest BCUT2D eigenvalue weighted by atomic mass is 10.0. The first kappa shape index (κ1) is 25.7. The molecular formula is C24H40ClFN2O. The van der Waals surface area contributed by atoms with Crippen LogP contribution in [0.3, 0.4) is 0 Å². The van der Waals surface area contributed by atoms with E-state index < -0.39 is 5.82 Å². The molecule has 3 nitrogen and oxygen atoms in total. The number of halogens is 2. The molecule has 0 spiro atoms. The van der Waals surface area contributed by atoms with E-state index in [9.17, 15) is 9.18 Å². The number of rotatable bonds is 18. The zero-order chi connectivity index (χ0) is 21.2. The van der Waals surface area contributed by atoms with Gasteiger partial charge in [-0.05, 0) is 24.6 Å². The van der Waals surface area contributed by atoms with Crippen LogP contribution >= 0.6 is 11.6 Å². The number of benzene rings is 1. The van der Waals surface area contributed by atoms with E-state index in [1.807, 2.05) is 0 Å². The van der Waals surface area contributed by atoms with Crippen molar-refractivity contribution in [2.75, 3.05) is 18.4 Å². The fourth-order valence-electron chi connectivity index (χ4n) is 3.40. The summed E-state index contributed by atoms with van der Waals surface area (Å²) in [6, 6.07) is 4.34. The topological polar surface area (TPSA) is 41.1 Å². The Kier molecular flexibility index (Phi) is 15.6. The number of carbonyl (C=O) groups excluding carboxylic acids is 1. The van der Waals surface area contributed by atoms with E-state index in [4.69, 9.17) is 11.6 Å². The highest BCUT2D eigenvalue weighted by molar-refractivity contribution is 6.31. The molecule has 0 atom stereocenters. The number of nitrogens with one attached hydrogen (secondary N) is 2. The van der Waals surface area contributed by atoms with Gasteiger partial charge in [-0.1, -0.05) is 102 Å². The molecular weight excluding hydrogens is 387 g/mol. The zero-order valence-electron chi connectivity index (χ0n) is 18.2. The van der Waals surface area contributed by atoms with Gasteiger partial charge in [0.05, 0.1) is 11.6 Å². The van der Waals surface area contributed by atoms with Gasteiger partial charge in [0.15, 0.2) is 0 Å². The summed E-state index contributed by atoms with van der Waals surface area (Å²) >= 11 is 5.72. The van der Waals surface area contributed by atoms with E-state index in [2.05, 4.69) is 17.6 Å². The molecule has 166 valence electrons. The molecule has 0 aliphatic heterocycles. The first-order chi connectivity index (χ1) is 14.1. The van der Waals surface area contributed by atoms with Crippen molar-refractivity contribution in [3.8, 4) is 0 Å². The smallest absolute Gasteiger partial charge is 0.239 e. The van der Waals surface area contributed by atoms with Crippen molar-refractivity contribution < 1.29 is 9.18 Å². The van der Waals surface area contributed by atoms with Crippen LogP contribution in [-0.4, -0.2) is 19.0 Å². The van der Waals surface area contributed by atoms with Crippen LogP contribution in [0.15, 0.2) is 18.2 Å². The Morgan fingerprint density at radius 1 is 0.862 bits per heavy atom. The molecule has 0 fully saturated rings. The highest BCUT2D eigenvalue weighted by Crippen LogP contribution is 2.19. The number of hydrogen-bond donors (Lipinski definition) is 2. The monoisotopic (exact) mass is 426 g/mol. The molecule has 0 aliphatic carbocycles. The third kappa shape index (κ3) is 14.4. The van der Waals surface area contributed by atoms with E-state index in [1.54, 1.807) is 6.07 Å². The molecule has 0 radical (unpaired) electrons. The quantitative estimate of drug-likeness (QED) is 0.239. The first-order valence-corrected chi connectivity index (χ1v) is 12.0. The van der Waals surface area contributed by atoms with Gasteiger partial charge in [0, 0.05) is 12.2 Å². The summed E-state index contributed by atoms with van der Waals surface area (Å²) in [5, 5.41) is 5.92. The standard InChI is InChI=1S/C24H40ClFN2O/c1-2-3-4-5-6-7-8-9-10-11-12-13-14-15-18-27-24(29)20-28-21-16-17-23(26)22(25)19-21/h16-17,19,28H,2-15,18,20H2,1H3,(H,27,29). The fraction of sp³-hybridized carbons (Fsp3) is 0.708. The van der Waals surface area contributed by atoms with Crippen molar-refractivity contribution in [2.45, 2.75) is 96.8 Å². The summed E-state index contributed by atoms with van der Waals surface area (Å²) in [7, 11) is 0. The SMILES string of the molecule is CCCCCCCCCCCCCCCCNC(=O)CNc1ccc(F)c(Cl)c1. The lowest BCUT2D eigenvalue weighted by molar-refractivity contribution is -0.119. The van der Waals surface area contributed by atoms with Crippen LogP contribution in [0.1, 0.15) is 96.8 Å². The molecule has 0 aliphatic rings. The maximum absolute atomic E-state index is 13.1. The van der Waals surface area contributed by atoms with Crippen molar-refractivity contribution in [3.63, 3.8) is 0 Å². The molecule has 5 heteroatoms. The molecule has 0 bridgehead atoms. The zero-order valence-corrected chi connectivity index (χ0v) is 19.0. The number of hydrogen-bond acceptors (Lipinski definition) is 2. The highest BCUT2D eigenvalue weighted by atomic mass is 35.5. The van der Waals surface area contributed by atoms with Gasteiger partial charge >= 0.3 is 0 Å². The number of unbranched alkanes of at least 4 members (excludes halogenated alkanes) is 13. The molecule has 0 aromatic heterocycles. The minimum atomic E-state index is -0.459. The molecule has 1 rings (SSSR count). The van der Waals surface area contributed by atoms with E-state index in [0.717, 1.165) is 6.42 Å². The normalized spacial score (nSPS) is 10.9. The second kappa shape index (κ2) is 17.6. The first-order valence-electron chi connectivity index (χ1n) is 11.6. The summed E-state index contributed by atoms with van der Waals surface area (Å²) in [5.41, 5.74) is 0.642. The van der Waals surface area contributed by atoms with Crippen LogP contribution in [0.2, 0.25) is 5.02 Å². The van der Waals surface area contributed by atoms with Crippen LogP contribution in [0.4, 0.5) is 10.1 Å². The Morgan fingerprint density at radius 3 is 1.90 bits per heavy atom. The lowest BCUT2D eigenvalue weighted by Gasteiger charge is -2.08. The molecule has 0 saturated heterocycles. The van der Waals surface area contributed by atoms with Gasteiger partial charge in [-0.3, -0.25) is 4.79 Å². The Hall–Kier alpha value is -1.29. The minimum Gasteiger partial charge on any atom is -0.376 e. The predicted octanol–water partition coefficient (Wildman–Crippen LogP) is 7.49. The summed E-state index contributed by atoms with van der Waals surface area (Å²) in [6.45, 7) is 3.14. The summed E-state index contributed by atoms with van der Waals surface area (Å²) < 4.78 is 13.1. The van der Waals surface area contributed by atoms with Gasteiger partial charge in [-0.15, -0.1) is 0 Å². The van der Waals surface area contributed by atoms with E-state index in [0.29, 0.717) is 12.2 Å². The predicted molar refractivity (Wildman–Crippen MR) is 123 cm³/mol. The summed E-state index contributed by atoms with van der Waals surface area (Å²) in [4.78, 5) is 11.8. The Balaban J connectivity index is 1.84.